The van der Waals surface area contributed by atoms with Gasteiger partial charge in [-0.15, -0.1) is 0 Å². The highest BCUT2D eigenvalue weighted by atomic mass is 16.6. The van der Waals surface area contributed by atoms with Gasteiger partial charge in [-0.05, 0) is 59.5 Å². The molecule has 5 nitrogen and oxygen atoms in total. The van der Waals surface area contributed by atoms with E-state index in [0.717, 1.165) is 24.8 Å². The van der Waals surface area contributed by atoms with Gasteiger partial charge in [-0.1, -0.05) is 6.08 Å². The first-order valence-electron chi connectivity index (χ1n) is 7.65. The monoisotopic (exact) mass is 297 g/mol. The average Bonchev–Trinajstić information content (AvgIpc) is 2.92. The predicted molar refractivity (Wildman–Crippen MR) is 79.8 cm³/mol. The SMILES string of the molecule is CC(C)(C)OC(=O)N1C([C@H](O)C2=CCCC2)COC1(C)C. The molecular formula is C16H27NO4. The predicted octanol–water partition coefficient (Wildman–Crippen LogP) is 2.83. The Bertz CT molecular complexity index is 436. The van der Waals surface area contributed by atoms with Crippen molar-refractivity contribution < 1.29 is 19.4 Å². The van der Waals surface area contributed by atoms with Gasteiger partial charge in [0.15, 0.2) is 0 Å². The molecule has 1 unspecified atom stereocenters. The van der Waals surface area contributed by atoms with Crippen LogP contribution >= 0.6 is 0 Å². The minimum absolute atomic E-state index is 0.324. The van der Waals surface area contributed by atoms with E-state index in [9.17, 15) is 9.90 Å². The Balaban J connectivity index is 2.18. The van der Waals surface area contributed by atoms with E-state index < -0.39 is 23.5 Å². The molecule has 1 heterocycles. The van der Waals surface area contributed by atoms with Crippen molar-refractivity contribution in [1.82, 2.24) is 4.90 Å². The molecule has 0 bridgehead atoms. The lowest BCUT2D eigenvalue weighted by Crippen LogP contribution is -2.53. The van der Waals surface area contributed by atoms with E-state index >= 15 is 0 Å². The van der Waals surface area contributed by atoms with Crippen LogP contribution in [0.4, 0.5) is 4.79 Å². The molecule has 2 rings (SSSR count). The van der Waals surface area contributed by atoms with E-state index in [1.54, 1.807) is 4.90 Å². The molecule has 1 aliphatic carbocycles. The molecule has 1 amide bonds. The highest BCUT2D eigenvalue weighted by Crippen LogP contribution is 2.34. The maximum atomic E-state index is 12.5. The van der Waals surface area contributed by atoms with Crippen LogP contribution in [0.1, 0.15) is 53.9 Å². The number of aliphatic hydroxyl groups is 1. The highest BCUT2D eigenvalue weighted by Gasteiger charge is 2.49. The van der Waals surface area contributed by atoms with Crippen molar-refractivity contribution in [2.45, 2.75) is 77.4 Å². The largest absolute Gasteiger partial charge is 0.444 e. The minimum atomic E-state index is -0.771. The first-order chi connectivity index (χ1) is 9.62. The summed E-state index contributed by atoms with van der Waals surface area (Å²) in [6, 6.07) is -0.390. The van der Waals surface area contributed by atoms with Crippen LogP contribution < -0.4 is 0 Å². The zero-order valence-corrected chi connectivity index (χ0v) is 13.7. The number of hydrogen-bond acceptors (Lipinski definition) is 4. The molecule has 1 N–H and O–H groups in total. The first kappa shape index (κ1) is 16.3. The molecule has 5 heteroatoms. The van der Waals surface area contributed by atoms with Gasteiger partial charge < -0.3 is 14.6 Å². The first-order valence-corrected chi connectivity index (χ1v) is 7.65. The number of aliphatic hydroxyl groups excluding tert-OH is 1. The molecule has 0 aromatic carbocycles. The van der Waals surface area contributed by atoms with Crippen LogP contribution in [0.5, 0.6) is 0 Å². The number of ether oxygens (including phenoxy) is 2. The summed E-state index contributed by atoms with van der Waals surface area (Å²) in [5.74, 6) is 0. The second-order valence-electron chi connectivity index (χ2n) is 7.29. The van der Waals surface area contributed by atoms with Gasteiger partial charge >= 0.3 is 6.09 Å². The van der Waals surface area contributed by atoms with Gasteiger partial charge in [-0.25, -0.2) is 4.79 Å². The summed E-state index contributed by atoms with van der Waals surface area (Å²) in [6.45, 7) is 9.48. The molecule has 21 heavy (non-hydrogen) atoms. The van der Waals surface area contributed by atoms with E-state index in [-0.39, 0.29) is 6.04 Å². The van der Waals surface area contributed by atoms with Crippen LogP contribution in [0.25, 0.3) is 0 Å². The number of nitrogens with zero attached hydrogens (tertiary/aromatic N) is 1. The molecular weight excluding hydrogens is 270 g/mol. The van der Waals surface area contributed by atoms with Gasteiger partial charge in [-0.2, -0.15) is 0 Å². The maximum Gasteiger partial charge on any atom is 0.413 e. The third-order valence-corrected chi connectivity index (χ3v) is 3.93. The van der Waals surface area contributed by atoms with Crippen LogP contribution in [0.3, 0.4) is 0 Å². The molecule has 1 saturated heterocycles. The number of carbonyl (C=O) groups excluding carboxylic acids is 1. The second-order valence-corrected chi connectivity index (χ2v) is 7.29. The quantitative estimate of drug-likeness (QED) is 0.796. The Kier molecular flexibility index (Phi) is 4.36. The van der Waals surface area contributed by atoms with Crippen molar-refractivity contribution in [2.24, 2.45) is 0 Å². The average molecular weight is 297 g/mol. The van der Waals surface area contributed by atoms with Crippen molar-refractivity contribution >= 4 is 6.09 Å². The molecule has 2 aliphatic rings. The van der Waals surface area contributed by atoms with Gasteiger partial charge in [0.1, 0.15) is 11.3 Å². The lowest BCUT2D eigenvalue weighted by atomic mass is 10.0. The zero-order chi connectivity index (χ0) is 15.8. The molecule has 2 atom stereocenters. The lowest BCUT2D eigenvalue weighted by molar-refractivity contribution is -0.0664. The number of amides is 1. The molecule has 0 aromatic heterocycles. The summed E-state index contributed by atoms with van der Waals surface area (Å²) >= 11 is 0. The normalized spacial score (nSPS) is 26.7. The second kappa shape index (κ2) is 5.61. The summed E-state index contributed by atoms with van der Waals surface area (Å²) in [7, 11) is 0. The lowest BCUT2D eigenvalue weighted by Gasteiger charge is -2.36. The van der Waals surface area contributed by atoms with Crippen LogP contribution in [-0.2, 0) is 9.47 Å². The number of carbonyl (C=O) groups is 1. The topological polar surface area (TPSA) is 59.0 Å². The Hall–Kier alpha value is -1.07. The van der Waals surface area contributed by atoms with Gasteiger partial charge in [-0.3, -0.25) is 4.90 Å². The van der Waals surface area contributed by atoms with E-state index in [4.69, 9.17) is 9.47 Å². The Labute approximate surface area is 126 Å². The number of hydrogen-bond donors (Lipinski definition) is 1. The van der Waals surface area contributed by atoms with Crippen molar-refractivity contribution in [3.63, 3.8) is 0 Å². The Morgan fingerprint density at radius 2 is 2.19 bits per heavy atom. The van der Waals surface area contributed by atoms with Gasteiger partial charge in [0, 0.05) is 0 Å². The Morgan fingerprint density at radius 3 is 2.71 bits per heavy atom. The van der Waals surface area contributed by atoms with Crippen molar-refractivity contribution in [1.29, 1.82) is 0 Å². The van der Waals surface area contributed by atoms with E-state index in [1.807, 2.05) is 34.6 Å². The van der Waals surface area contributed by atoms with Crippen LogP contribution in [-0.4, -0.2) is 46.2 Å². The molecule has 120 valence electrons. The molecule has 0 radical (unpaired) electrons. The molecule has 1 aliphatic heterocycles. The zero-order valence-electron chi connectivity index (χ0n) is 13.7. The summed E-state index contributed by atoms with van der Waals surface area (Å²) < 4.78 is 11.2. The number of allylic oxidation sites excluding steroid dienone is 1. The van der Waals surface area contributed by atoms with Crippen molar-refractivity contribution in [3.05, 3.63) is 11.6 Å². The van der Waals surface area contributed by atoms with Crippen LogP contribution in [0.2, 0.25) is 0 Å². The van der Waals surface area contributed by atoms with Gasteiger partial charge in [0.2, 0.25) is 0 Å². The number of rotatable bonds is 2. The third kappa shape index (κ3) is 3.58. The fraction of sp³-hybridized carbons (Fsp3) is 0.812. The molecule has 0 spiro atoms. The summed E-state index contributed by atoms with van der Waals surface area (Å²) in [4.78, 5) is 14.0. The van der Waals surface area contributed by atoms with E-state index in [2.05, 4.69) is 6.08 Å². The van der Waals surface area contributed by atoms with Crippen molar-refractivity contribution in [2.75, 3.05) is 6.61 Å². The molecule has 0 saturated carbocycles. The standard InChI is InChI=1S/C16H27NO4/c1-15(2,3)21-14(19)17-12(10-20-16(17,4)5)13(18)11-8-6-7-9-11/h8,12-13,18H,6-7,9-10H2,1-5H3/t12?,13-/m1/s1. The molecule has 0 aromatic rings. The smallest absolute Gasteiger partial charge is 0.413 e. The summed E-state index contributed by atoms with van der Waals surface area (Å²) in [5, 5.41) is 10.6. The summed E-state index contributed by atoms with van der Waals surface area (Å²) in [5.41, 5.74) is -0.333. The highest BCUT2D eigenvalue weighted by molar-refractivity contribution is 5.70. The fourth-order valence-corrected chi connectivity index (χ4v) is 2.94. The van der Waals surface area contributed by atoms with E-state index in [1.165, 1.54) is 0 Å². The fourth-order valence-electron chi connectivity index (χ4n) is 2.94. The van der Waals surface area contributed by atoms with Crippen LogP contribution in [0.15, 0.2) is 11.6 Å². The summed E-state index contributed by atoms with van der Waals surface area (Å²) in [6.07, 6.45) is 3.91. The van der Waals surface area contributed by atoms with Gasteiger partial charge in [0.25, 0.3) is 0 Å². The minimum Gasteiger partial charge on any atom is -0.444 e. The van der Waals surface area contributed by atoms with E-state index in [0.29, 0.717) is 6.61 Å². The van der Waals surface area contributed by atoms with Crippen LogP contribution in [0, 0.1) is 0 Å². The third-order valence-electron chi connectivity index (χ3n) is 3.93. The maximum absolute atomic E-state index is 12.5. The van der Waals surface area contributed by atoms with Crippen molar-refractivity contribution in [3.8, 4) is 0 Å². The van der Waals surface area contributed by atoms with Gasteiger partial charge in [0.05, 0.1) is 18.8 Å². The molecule has 1 fully saturated rings. The Morgan fingerprint density at radius 1 is 1.52 bits per heavy atom.